The number of carbonyl (C=O) groups excluding carboxylic acids is 2. The second-order valence-electron chi connectivity index (χ2n) is 12.2. The van der Waals surface area contributed by atoms with Crippen LogP contribution in [0.3, 0.4) is 0 Å². The van der Waals surface area contributed by atoms with E-state index in [0.29, 0.717) is 54.7 Å². The maximum absolute atomic E-state index is 13.8. The summed E-state index contributed by atoms with van der Waals surface area (Å²) < 4.78 is 44.8. The number of fused-ring (bicyclic) bond motifs is 3. The van der Waals surface area contributed by atoms with Crippen molar-refractivity contribution in [3.63, 3.8) is 0 Å². The lowest BCUT2D eigenvalue weighted by atomic mass is 9.72. The van der Waals surface area contributed by atoms with Crippen LogP contribution in [0.25, 0.3) is 0 Å². The smallest absolute Gasteiger partial charge is 0.389 e. The standard InChI is InChI=1S/C30H38F3N5O4/c31-30(32,33)12-3-15-42-21-8-9-22-20(16-21)4-1-11-29(22)17-23-26(28(41)35-29)27(38(36-23)14-10-19-6-7-19)34-24(39)18-37-13-2-5-25(37)40/h8-9,16,19,25,40H,1-7,10-15,17-18H2,(H,34,39)(H,35,41)/t25?,29-/m0/s1. The molecule has 3 heterocycles. The van der Waals surface area contributed by atoms with Crippen LogP contribution in [-0.4, -0.2) is 63.7 Å². The van der Waals surface area contributed by atoms with Crippen molar-refractivity contribution in [3.05, 3.63) is 40.6 Å². The third-order valence-corrected chi connectivity index (χ3v) is 8.97. The second kappa shape index (κ2) is 11.5. The lowest BCUT2D eigenvalue weighted by Gasteiger charge is -2.42. The summed E-state index contributed by atoms with van der Waals surface area (Å²) in [6.45, 7) is 1.28. The topological polar surface area (TPSA) is 109 Å². The molecule has 1 spiro atoms. The molecule has 228 valence electrons. The van der Waals surface area contributed by atoms with Gasteiger partial charge < -0.3 is 20.5 Å². The number of amides is 2. The molecule has 1 unspecified atom stereocenters. The van der Waals surface area contributed by atoms with E-state index in [-0.39, 0.29) is 31.4 Å². The van der Waals surface area contributed by atoms with Crippen LogP contribution >= 0.6 is 0 Å². The van der Waals surface area contributed by atoms with E-state index in [4.69, 9.17) is 9.84 Å². The van der Waals surface area contributed by atoms with Crippen molar-refractivity contribution >= 4 is 17.6 Å². The van der Waals surface area contributed by atoms with E-state index >= 15 is 0 Å². The first-order valence-electron chi connectivity index (χ1n) is 15.1. The normalized spacial score (nSPS) is 23.9. The van der Waals surface area contributed by atoms with Crippen LogP contribution in [-0.2, 0) is 29.7 Å². The molecule has 2 aliphatic carbocycles. The van der Waals surface area contributed by atoms with E-state index < -0.39 is 24.4 Å². The minimum Gasteiger partial charge on any atom is -0.494 e. The Morgan fingerprint density at radius 2 is 2.07 bits per heavy atom. The number of benzene rings is 1. The van der Waals surface area contributed by atoms with E-state index in [9.17, 15) is 27.9 Å². The first kappa shape index (κ1) is 29.0. The van der Waals surface area contributed by atoms with Crippen LogP contribution in [0.4, 0.5) is 19.0 Å². The van der Waals surface area contributed by atoms with Crippen LogP contribution in [0.15, 0.2) is 18.2 Å². The van der Waals surface area contributed by atoms with Gasteiger partial charge in [0, 0.05) is 25.9 Å². The van der Waals surface area contributed by atoms with Gasteiger partial charge >= 0.3 is 6.18 Å². The number of aliphatic hydroxyl groups is 1. The van der Waals surface area contributed by atoms with Crippen molar-refractivity contribution in [1.82, 2.24) is 20.0 Å². The number of aryl methyl sites for hydroxylation is 2. The van der Waals surface area contributed by atoms with Gasteiger partial charge in [-0.05, 0) is 74.1 Å². The van der Waals surface area contributed by atoms with Crippen molar-refractivity contribution in [2.75, 3.05) is 25.0 Å². The van der Waals surface area contributed by atoms with Crippen molar-refractivity contribution in [2.45, 2.75) is 95.1 Å². The highest BCUT2D eigenvalue weighted by Gasteiger charge is 2.45. The van der Waals surface area contributed by atoms with E-state index in [1.165, 1.54) is 12.8 Å². The number of likely N-dealkylation sites (tertiary alicyclic amines) is 1. The number of ether oxygens (including phenoxy) is 1. The van der Waals surface area contributed by atoms with E-state index in [1.807, 2.05) is 12.1 Å². The molecular formula is C30H38F3N5O4. The minimum atomic E-state index is -4.20. The van der Waals surface area contributed by atoms with Gasteiger partial charge in [-0.25, -0.2) is 4.68 Å². The van der Waals surface area contributed by atoms with Gasteiger partial charge in [0.15, 0.2) is 0 Å². The zero-order valence-corrected chi connectivity index (χ0v) is 23.6. The van der Waals surface area contributed by atoms with Gasteiger partial charge in [-0.1, -0.05) is 18.9 Å². The number of carbonyl (C=O) groups is 2. The third-order valence-electron chi connectivity index (χ3n) is 8.97. The Morgan fingerprint density at radius 1 is 1.24 bits per heavy atom. The summed E-state index contributed by atoms with van der Waals surface area (Å²) in [6.07, 6.45) is 1.73. The summed E-state index contributed by atoms with van der Waals surface area (Å²) in [5, 5.41) is 21.2. The number of anilines is 1. The SMILES string of the molecule is O=C(CN1CCCC1O)Nc1c2c(nn1CCC1CC1)C[C@]1(CCCc3cc(OCCCC(F)(F)F)ccc31)NC2=O. The molecule has 1 aromatic carbocycles. The maximum atomic E-state index is 13.8. The fourth-order valence-electron chi connectivity index (χ4n) is 6.66. The Kier molecular flexibility index (Phi) is 7.95. The Balaban J connectivity index is 1.22. The van der Waals surface area contributed by atoms with Gasteiger partial charge in [0.2, 0.25) is 5.91 Å². The van der Waals surface area contributed by atoms with E-state index in [0.717, 1.165) is 43.2 Å². The molecule has 9 nitrogen and oxygen atoms in total. The molecule has 2 amide bonds. The van der Waals surface area contributed by atoms with Crippen molar-refractivity contribution in [2.24, 2.45) is 5.92 Å². The molecule has 6 rings (SSSR count). The highest BCUT2D eigenvalue weighted by molar-refractivity contribution is 6.05. The Hall–Kier alpha value is -3.12. The molecule has 0 radical (unpaired) electrons. The first-order chi connectivity index (χ1) is 20.1. The highest BCUT2D eigenvalue weighted by atomic mass is 19.4. The predicted molar refractivity (Wildman–Crippen MR) is 148 cm³/mol. The van der Waals surface area contributed by atoms with Gasteiger partial charge in [0.1, 0.15) is 23.4 Å². The quantitative estimate of drug-likeness (QED) is 0.357. The number of aromatic nitrogens is 2. The molecule has 2 atom stereocenters. The third kappa shape index (κ3) is 6.29. The molecule has 0 bridgehead atoms. The predicted octanol–water partition coefficient (Wildman–Crippen LogP) is 4.27. The molecule has 3 N–H and O–H groups in total. The molecule has 2 aromatic rings. The van der Waals surface area contributed by atoms with E-state index in [2.05, 4.69) is 10.6 Å². The monoisotopic (exact) mass is 589 g/mol. The lowest BCUT2D eigenvalue weighted by molar-refractivity contribution is -0.136. The average molecular weight is 590 g/mol. The van der Waals surface area contributed by atoms with Crippen LogP contribution in [0.1, 0.15) is 85.0 Å². The highest BCUT2D eigenvalue weighted by Crippen LogP contribution is 2.43. The summed E-state index contributed by atoms with van der Waals surface area (Å²) in [6, 6.07) is 5.54. The molecule has 2 fully saturated rings. The zero-order valence-electron chi connectivity index (χ0n) is 23.6. The van der Waals surface area contributed by atoms with Gasteiger partial charge in [0.05, 0.1) is 24.4 Å². The summed E-state index contributed by atoms with van der Waals surface area (Å²) >= 11 is 0. The van der Waals surface area contributed by atoms with E-state index in [1.54, 1.807) is 15.6 Å². The van der Waals surface area contributed by atoms with Gasteiger partial charge in [-0.2, -0.15) is 18.3 Å². The van der Waals surface area contributed by atoms with Crippen molar-refractivity contribution in [3.8, 4) is 5.75 Å². The zero-order chi connectivity index (χ0) is 29.5. The Morgan fingerprint density at radius 3 is 2.81 bits per heavy atom. The summed E-state index contributed by atoms with van der Waals surface area (Å²) in [7, 11) is 0. The number of aliphatic hydroxyl groups excluding tert-OH is 1. The number of halogens is 3. The molecular weight excluding hydrogens is 551 g/mol. The van der Waals surface area contributed by atoms with Crippen LogP contribution in [0, 0.1) is 5.92 Å². The summed E-state index contributed by atoms with van der Waals surface area (Å²) in [5.41, 5.74) is 2.35. The number of hydrogen-bond donors (Lipinski definition) is 3. The average Bonchev–Trinajstić information content (AvgIpc) is 3.58. The number of nitrogens with zero attached hydrogens (tertiary/aromatic N) is 3. The fraction of sp³-hybridized carbons (Fsp3) is 0.633. The number of hydrogen-bond acceptors (Lipinski definition) is 6. The summed E-state index contributed by atoms with van der Waals surface area (Å²) in [5.74, 6) is 1.00. The van der Waals surface area contributed by atoms with Crippen LogP contribution < -0.4 is 15.4 Å². The lowest BCUT2D eigenvalue weighted by Crippen LogP contribution is -2.53. The second-order valence-corrected chi connectivity index (χ2v) is 12.2. The van der Waals surface area contributed by atoms with Gasteiger partial charge in [0.25, 0.3) is 5.91 Å². The number of nitrogens with one attached hydrogen (secondary N) is 2. The molecule has 1 saturated heterocycles. The van der Waals surface area contributed by atoms with Crippen molar-refractivity contribution < 1.29 is 32.6 Å². The molecule has 12 heteroatoms. The first-order valence-corrected chi connectivity index (χ1v) is 15.1. The molecule has 4 aliphatic rings. The largest absolute Gasteiger partial charge is 0.494 e. The molecule has 1 saturated carbocycles. The Bertz CT molecular complexity index is 1340. The maximum Gasteiger partial charge on any atom is 0.389 e. The fourth-order valence-corrected chi connectivity index (χ4v) is 6.66. The van der Waals surface area contributed by atoms with Crippen LogP contribution in [0.2, 0.25) is 0 Å². The van der Waals surface area contributed by atoms with Crippen LogP contribution in [0.5, 0.6) is 5.75 Å². The molecule has 2 aliphatic heterocycles. The van der Waals surface area contributed by atoms with Crippen molar-refractivity contribution in [1.29, 1.82) is 0 Å². The minimum absolute atomic E-state index is 0.0208. The van der Waals surface area contributed by atoms with Gasteiger partial charge in [-0.3, -0.25) is 14.5 Å². The molecule has 1 aromatic heterocycles. The number of alkyl halides is 3. The number of rotatable bonds is 10. The Labute approximate surface area is 242 Å². The molecule has 42 heavy (non-hydrogen) atoms. The summed E-state index contributed by atoms with van der Waals surface area (Å²) in [4.78, 5) is 28.5. The van der Waals surface area contributed by atoms with Gasteiger partial charge in [-0.15, -0.1) is 0 Å².